The first-order valence-electron chi connectivity index (χ1n) is 7.28. The Labute approximate surface area is 135 Å². The maximum Gasteiger partial charge on any atom is 0.140 e. The number of anilines is 1. The van der Waals surface area contributed by atoms with Crippen molar-refractivity contribution >= 4 is 5.69 Å². The van der Waals surface area contributed by atoms with Gasteiger partial charge in [-0.05, 0) is 29.8 Å². The van der Waals surface area contributed by atoms with Crippen LogP contribution in [0.5, 0.6) is 11.5 Å². The van der Waals surface area contributed by atoms with Crippen molar-refractivity contribution in [2.45, 2.75) is 6.54 Å². The third-order valence-electron chi connectivity index (χ3n) is 3.63. The zero-order valence-corrected chi connectivity index (χ0v) is 13.2. The molecule has 1 heterocycles. The standard InChI is InChI=1S/C18H19N3O2/c1-22-16-9-14(10-17(11-16)23-2)18-20-6-7-21(18)12-13-4-3-5-15(19)8-13/h3-11H,12,19H2,1-2H3. The van der Waals surface area contributed by atoms with Gasteiger partial charge in [-0.15, -0.1) is 0 Å². The zero-order valence-electron chi connectivity index (χ0n) is 13.2. The van der Waals surface area contributed by atoms with Crippen LogP contribution in [0, 0.1) is 0 Å². The van der Waals surface area contributed by atoms with Crippen LogP contribution in [0.25, 0.3) is 11.4 Å². The Hall–Kier alpha value is -2.95. The predicted octanol–water partition coefficient (Wildman–Crippen LogP) is 3.20. The summed E-state index contributed by atoms with van der Waals surface area (Å²) in [6.45, 7) is 0.694. The number of nitrogen functional groups attached to an aromatic ring is 1. The molecular formula is C18H19N3O2. The van der Waals surface area contributed by atoms with E-state index in [2.05, 4.69) is 9.55 Å². The van der Waals surface area contributed by atoms with Gasteiger partial charge in [-0.3, -0.25) is 0 Å². The average Bonchev–Trinajstić information content (AvgIpc) is 3.02. The first-order chi connectivity index (χ1) is 11.2. The lowest BCUT2D eigenvalue weighted by Gasteiger charge is -2.11. The van der Waals surface area contributed by atoms with E-state index in [-0.39, 0.29) is 0 Å². The molecule has 5 nitrogen and oxygen atoms in total. The number of hydrogen-bond donors (Lipinski definition) is 1. The Bertz CT molecular complexity index is 789. The van der Waals surface area contributed by atoms with E-state index in [0.717, 1.165) is 34.1 Å². The van der Waals surface area contributed by atoms with E-state index >= 15 is 0 Å². The molecule has 0 bridgehead atoms. The largest absolute Gasteiger partial charge is 0.497 e. The van der Waals surface area contributed by atoms with Crippen LogP contribution >= 0.6 is 0 Å². The van der Waals surface area contributed by atoms with E-state index in [1.165, 1.54) is 0 Å². The Morgan fingerprint density at radius 2 is 1.78 bits per heavy atom. The third-order valence-corrected chi connectivity index (χ3v) is 3.63. The van der Waals surface area contributed by atoms with Gasteiger partial charge in [-0.2, -0.15) is 0 Å². The van der Waals surface area contributed by atoms with Gasteiger partial charge in [0, 0.05) is 36.3 Å². The highest BCUT2D eigenvalue weighted by molar-refractivity contribution is 5.61. The van der Waals surface area contributed by atoms with Crippen molar-refractivity contribution in [3.05, 3.63) is 60.4 Å². The maximum atomic E-state index is 5.85. The molecule has 5 heteroatoms. The fourth-order valence-electron chi connectivity index (χ4n) is 2.52. The lowest BCUT2D eigenvalue weighted by atomic mass is 10.1. The topological polar surface area (TPSA) is 62.3 Å². The number of nitrogens with two attached hydrogens (primary N) is 1. The first-order valence-corrected chi connectivity index (χ1v) is 7.28. The Kier molecular flexibility index (Phi) is 4.19. The van der Waals surface area contributed by atoms with E-state index in [1.54, 1.807) is 20.4 Å². The zero-order chi connectivity index (χ0) is 16.2. The highest BCUT2D eigenvalue weighted by Gasteiger charge is 2.10. The molecule has 23 heavy (non-hydrogen) atoms. The number of hydrogen-bond acceptors (Lipinski definition) is 4. The second kappa shape index (κ2) is 6.44. The molecule has 3 aromatic rings. The number of imidazole rings is 1. The number of benzene rings is 2. The molecule has 3 rings (SSSR count). The van der Waals surface area contributed by atoms with Crippen LogP contribution in [0.4, 0.5) is 5.69 Å². The number of ether oxygens (including phenoxy) is 2. The van der Waals surface area contributed by atoms with Crippen molar-refractivity contribution in [1.82, 2.24) is 9.55 Å². The van der Waals surface area contributed by atoms with Crippen molar-refractivity contribution in [2.24, 2.45) is 0 Å². The number of rotatable bonds is 5. The minimum Gasteiger partial charge on any atom is -0.497 e. The number of methoxy groups -OCH3 is 2. The second-order valence-electron chi connectivity index (χ2n) is 5.23. The van der Waals surface area contributed by atoms with E-state index in [9.17, 15) is 0 Å². The summed E-state index contributed by atoms with van der Waals surface area (Å²) in [6.07, 6.45) is 3.73. The molecule has 0 amide bonds. The van der Waals surface area contributed by atoms with Gasteiger partial charge in [0.15, 0.2) is 0 Å². The maximum absolute atomic E-state index is 5.85. The van der Waals surface area contributed by atoms with Gasteiger partial charge in [0.2, 0.25) is 0 Å². The first kappa shape index (κ1) is 15.0. The quantitative estimate of drug-likeness (QED) is 0.735. The van der Waals surface area contributed by atoms with Crippen LogP contribution in [0.15, 0.2) is 54.9 Å². The van der Waals surface area contributed by atoms with Gasteiger partial charge in [0.25, 0.3) is 0 Å². The molecule has 0 atom stereocenters. The van der Waals surface area contributed by atoms with Crippen LogP contribution in [-0.2, 0) is 6.54 Å². The van der Waals surface area contributed by atoms with Gasteiger partial charge in [-0.25, -0.2) is 4.98 Å². The van der Waals surface area contributed by atoms with E-state index in [4.69, 9.17) is 15.2 Å². The summed E-state index contributed by atoms with van der Waals surface area (Å²) in [5.74, 6) is 2.32. The molecule has 0 saturated heterocycles. The van der Waals surface area contributed by atoms with Crippen LogP contribution in [0.3, 0.4) is 0 Å². The van der Waals surface area contributed by atoms with Gasteiger partial charge in [0.05, 0.1) is 14.2 Å². The lowest BCUT2D eigenvalue weighted by Crippen LogP contribution is -2.02. The summed E-state index contributed by atoms with van der Waals surface area (Å²) < 4.78 is 12.7. The monoisotopic (exact) mass is 309 g/mol. The van der Waals surface area contributed by atoms with Crippen molar-refractivity contribution in [3.63, 3.8) is 0 Å². The second-order valence-corrected chi connectivity index (χ2v) is 5.23. The summed E-state index contributed by atoms with van der Waals surface area (Å²) in [7, 11) is 3.27. The fraction of sp³-hybridized carbons (Fsp3) is 0.167. The molecule has 118 valence electrons. The molecule has 2 aromatic carbocycles. The van der Waals surface area contributed by atoms with Crippen LogP contribution < -0.4 is 15.2 Å². The molecule has 1 aromatic heterocycles. The molecule has 0 fully saturated rings. The highest BCUT2D eigenvalue weighted by atomic mass is 16.5. The highest BCUT2D eigenvalue weighted by Crippen LogP contribution is 2.29. The van der Waals surface area contributed by atoms with Crippen molar-refractivity contribution in [1.29, 1.82) is 0 Å². The molecular weight excluding hydrogens is 290 g/mol. The summed E-state index contributed by atoms with van der Waals surface area (Å²) >= 11 is 0. The average molecular weight is 309 g/mol. The molecule has 0 aliphatic rings. The third kappa shape index (κ3) is 3.29. The minimum atomic E-state index is 0.694. The van der Waals surface area contributed by atoms with E-state index < -0.39 is 0 Å². The molecule has 2 N–H and O–H groups in total. The normalized spacial score (nSPS) is 10.5. The Morgan fingerprint density at radius 1 is 1.04 bits per heavy atom. The molecule has 0 aliphatic carbocycles. The molecule has 0 unspecified atom stereocenters. The van der Waals surface area contributed by atoms with Gasteiger partial charge >= 0.3 is 0 Å². The molecule has 0 spiro atoms. The summed E-state index contributed by atoms with van der Waals surface area (Å²) in [4.78, 5) is 4.48. The Balaban J connectivity index is 1.97. The van der Waals surface area contributed by atoms with E-state index in [1.807, 2.05) is 48.7 Å². The summed E-state index contributed by atoms with van der Waals surface area (Å²) in [5, 5.41) is 0. The van der Waals surface area contributed by atoms with Crippen LogP contribution in [0.2, 0.25) is 0 Å². The predicted molar refractivity (Wildman–Crippen MR) is 90.7 cm³/mol. The molecule has 0 radical (unpaired) electrons. The number of aromatic nitrogens is 2. The van der Waals surface area contributed by atoms with Crippen molar-refractivity contribution in [2.75, 3.05) is 20.0 Å². The number of nitrogens with zero attached hydrogens (tertiary/aromatic N) is 2. The Morgan fingerprint density at radius 3 is 2.43 bits per heavy atom. The summed E-state index contributed by atoms with van der Waals surface area (Å²) in [5.41, 5.74) is 8.68. The minimum absolute atomic E-state index is 0.694. The smallest absolute Gasteiger partial charge is 0.140 e. The lowest BCUT2D eigenvalue weighted by molar-refractivity contribution is 0.394. The van der Waals surface area contributed by atoms with Crippen molar-refractivity contribution < 1.29 is 9.47 Å². The van der Waals surface area contributed by atoms with Crippen LogP contribution in [0.1, 0.15) is 5.56 Å². The molecule has 0 aliphatic heterocycles. The molecule has 0 saturated carbocycles. The SMILES string of the molecule is COc1cc(OC)cc(-c2nccn2Cc2cccc(N)c2)c1. The van der Waals surface area contributed by atoms with Gasteiger partial charge in [0.1, 0.15) is 17.3 Å². The van der Waals surface area contributed by atoms with Gasteiger partial charge < -0.3 is 19.8 Å². The fourth-order valence-corrected chi connectivity index (χ4v) is 2.52. The van der Waals surface area contributed by atoms with Crippen LogP contribution in [-0.4, -0.2) is 23.8 Å². The van der Waals surface area contributed by atoms with E-state index in [0.29, 0.717) is 6.54 Å². The van der Waals surface area contributed by atoms with Crippen molar-refractivity contribution in [3.8, 4) is 22.9 Å². The van der Waals surface area contributed by atoms with Gasteiger partial charge in [-0.1, -0.05) is 12.1 Å². The summed E-state index contributed by atoms with van der Waals surface area (Å²) in [6, 6.07) is 13.6.